The molecule has 0 saturated carbocycles. The van der Waals surface area contributed by atoms with Crippen molar-refractivity contribution in [1.82, 2.24) is 25.6 Å². The van der Waals surface area contributed by atoms with E-state index in [2.05, 4.69) is 22.7 Å². The average Bonchev–Trinajstić information content (AvgIpc) is 2.73. The molecule has 3 rings (SSSR count). The van der Waals surface area contributed by atoms with Crippen LogP contribution in [0.5, 0.6) is 0 Å². The number of piperidine rings is 1. The molecular formula is C20H29N5O3. The second kappa shape index (κ2) is 9.54. The number of hydrogen-bond acceptors (Lipinski definition) is 4. The molecule has 2 fully saturated rings. The van der Waals surface area contributed by atoms with Gasteiger partial charge in [-0.05, 0) is 38.3 Å². The molecule has 4 amide bonds. The zero-order valence-corrected chi connectivity index (χ0v) is 16.4. The molecular weight excluding hydrogens is 358 g/mol. The number of nitrogens with zero attached hydrogens (tertiary/aromatic N) is 3. The number of amides is 4. The van der Waals surface area contributed by atoms with Gasteiger partial charge >= 0.3 is 6.03 Å². The number of hydrazine groups is 1. The van der Waals surface area contributed by atoms with Crippen molar-refractivity contribution < 1.29 is 14.4 Å². The van der Waals surface area contributed by atoms with E-state index in [9.17, 15) is 14.4 Å². The molecule has 2 aliphatic heterocycles. The van der Waals surface area contributed by atoms with Crippen molar-refractivity contribution in [2.24, 2.45) is 0 Å². The van der Waals surface area contributed by atoms with Crippen molar-refractivity contribution in [2.45, 2.75) is 32.2 Å². The molecule has 2 heterocycles. The summed E-state index contributed by atoms with van der Waals surface area (Å²) in [5.74, 6) is -0.172. The van der Waals surface area contributed by atoms with Gasteiger partial charge in [0.25, 0.3) is 5.91 Å². The van der Waals surface area contributed by atoms with E-state index in [0.29, 0.717) is 44.3 Å². The third-order valence-electron chi connectivity index (χ3n) is 5.46. The zero-order valence-electron chi connectivity index (χ0n) is 16.4. The Kier molecular flexibility index (Phi) is 6.86. The molecule has 0 radical (unpaired) electrons. The normalized spacial score (nSPS) is 20.5. The van der Waals surface area contributed by atoms with Crippen LogP contribution in [0.1, 0.15) is 36.5 Å². The third-order valence-corrected chi connectivity index (χ3v) is 5.46. The highest BCUT2D eigenvalue weighted by Crippen LogP contribution is 2.17. The standard InChI is InChI=1S/C20H29N5O3/c1-16-7-5-6-10-25(16)18(26)15-23-11-13-24(14-12-23)20(28)22-21-19(27)17-8-3-2-4-9-17/h2-4,8-9,16H,5-7,10-15H2,1H3,(H,21,27)(H,22,28)/t16-/m1/s1. The van der Waals surface area contributed by atoms with Gasteiger partial charge in [-0.3, -0.25) is 19.9 Å². The molecule has 1 aromatic rings. The SMILES string of the molecule is C[C@@H]1CCCCN1C(=O)CN1CCN(C(=O)NNC(=O)c2ccccc2)CC1. The maximum absolute atomic E-state index is 12.5. The van der Waals surface area contributed by atoms with E-state index in [1.165, 1.54) is 6.42 Å². The van der Waals surface area contributed by atoms with Crippen molar-refractivity contribution in [3.05, 3.63) is 35.9 Å². The first-order valence-electron chi connectivity index (χ1n) is 9.96. The van der Waals surface area contributed by atoms with Crippen molar-refractivity contribution in [1.29, 1.82) is 0 Å². The van der Waals surface area contributed by atoms with Crippen LogP contribution in [0.4, 0.5) is 4.79 Å². The van der Waals surface area contributed by atoms with Gasteiger partial charge in [0.1, 0.15) is 0 Å². The number of hydrogen-bond donors (Lipinski definition) is 2. The molecule has 0 spiro atoms. The number of likely N-dealkylation sites (tertiary alicyclic amines) is 1. The number of nitrogens with one attached hydrogen (secondary N) is 2. The molecule has 0 bridgehead atoms. The second-order valence-corrected chi connectivity index (χ2v) is 7.45. The van der Waals surface area contributed by atoms with Gasteiger partial charge in [0.15, 0.2) is 0 Å². The Morgan fingerprint density at radius 3 is 2.36 bits per heavy atom. The lowest BCUT2D eigenvalue weighted by Gasteiger charge is -2.38. The summed E-state index contributed by atoms with van der Waals surface area (Å²) in [4.78, 5) is 42.5. The van der Waals surface area contributed by atoms with E-state index < -0.39 is 0 Å². The van der Waals surface area contributed by atoms with Crippen LogP contribution >= 0.6 is 0 Å². The molecule has 152 valence electrons. The molecule has 1 atom stereocenters. The maximum Gasteiger partial charge on any atom is 0.336 e. The molecule has 8 heteroatoms. The molecule has 0 aromatic heterocycles. The number of carbonyl (C=O) groups is 3. The van der Waals surface area contributed by atoms with Crippen molar-refractivity contribution in [3.63, 3.8) is 0 Å². The van der Waals surface area contributed by atoms with Gasteiger partial charge < -0.3 is 9.80 Å². The second-order valence-electron chi connectivity index (χ2n) is 7.45. The smallest absolute Gasteiger partial charge is 0.336 e. The third kappa shape index (κ3) is 5.22. The van der Waals surface area contributed by atoms with Crippen LogP contribution in [0.2, 0.25) is 0 Å². The first-order valence-corrected chi connectivity index (χ1v) is 9.96. The van der Waals surface area contributed by atoms with E-state index in [1.807, 2.05) is 11.0 Å². The lowest BCUT2D eigenvalue weighted by molar-refractivity contribution is -0.136. The molecule has 0 unspecified atom stereocenters. The fourth-order valence-electron chi connectivity index (χ4n) is 3.71. The highest BCUT2D eigenvalue weighted by atomic mass is 16.2. The number of rotatable bonds is 3. The van der Waals surface area contributed by atoms with Gasteiger partial charge in [0.05, 0.1) is 6.54 Å². The Hall–Kier alpha value is -2.61. The molecule has 2 aliphatic rings. The van der Waals surface area contributed by atoms with Crippen molar-refractivity contribution in [3.8, 4) is 0 Å². The quantitative estimate of drug-likeness (QED) is 0.760. The molecule has 2 saturated heterocycles. The molecule has 8 nitrogen and oxygen atoms in total. The average molecular weight is 387 g/mol. The van der Waals surface area contributed by atoms with Gasteiger partial charge in [-0.15, -0.1) is 0 Å². The van der Waals surface area contributed by atoms with Crippen LogP contribution in [-0.2, 0) is 4.79 Å². The van der Waals surface area contributed by atoms with Crippen molar-refractivity contribution in [2.75, 3.05) is 39.3 Å². The first-order chi connectivity index (χ1) is 13.5. The van der Waals surface area contributed by atoms with Crippen LogP contribution in [0, 0.1) is 0 Å². The molecule has 1 aromatic carbocycles. The summed E-state index contributed by atoms with van der Waals surface area (Å²) in [5.41, 5.74) is 5.37. The minimum Gasteiger partial charge on any atom is -0.339 e. The number of piperazine rings is 1. The summed E-state index contributed by atoms with van der Waals surface area (Å²) >= 11 is 0. The van der Waals surface area contributed by atoms with Crippen LogP contribution < -0.4 is 10.9 Å². The topological polar surface area (TPSA) is 85.0 Å². The molecule has 0 aliphatic carbocycles. The van der Waals surface area contributed by atoms with Gasteiger partial charge in [-0.25, -0.2) is 10.2 Å². The van der Waals surface area contributed by atoms with E-state index in [0.717, 1.165) is 19.4 Å². The highest BCUT2D eigenvalue weighted by molar-refractivity contribution is 5.95. The van der Waals surface area contributed by atoms with E-state index in [4.69, 9.17) is 0 Å². The molecule has 2 N–H and O–H groups in total. The fourth-order valence-corrected chi connectivity index (χ4v) is 3.71. The summed E-state index contributed by atoms with van der Waals surface area (Å²) in [7, 11) is 0. The van der Waals surface area contributed by atoms with Crippen LogP contribution in [0.15, 0.2) is 30.3 Å². The minimum absolute atomic E-state index is 0.181. The van der Waals surface area contributed by atoms with E-state index in [1.54, 1.807) is 29.2 Å². The summed E-state index contributed by atoms with van der Waals surface area (Å²) in [6.45, 7) is 5.71. The summed E-state index contributed by atoms with van der Waals surface area (Å²) in [5, 5.41) is 0. The number of urea groups is 1. The Labute approximate surface area is 165 Å². The highest BCUT2D eigenvalue weighted by Gasteiger charge is 2.27. The van der Waals surface area contributed by atoms with Gasteiger partial charge in [0.2, 0.25) is 5.91 Å². The Morgan fingerprint density at radius 2 is 1.68 bits per heavy atom. The monoisotopic (exact) mass is 387 g/mol. The van der Waals surface area contributed by atoms with E-state index in [-0.39, 0.29) is 17.8 Å². The Balaban J connectivity index is 1.39. The predicted octanol–water partition coefficient (Wildman–Crippen LogP) is 1.06. The van der Waals surface area contributed by atoms with Gasteiger partial charge in [-0.1, -0.05) is 18.2 Å². The maximum atomic E-state index is 12.5. The van der Waals surface area contributed by atoms with Gasteiger partial charge in [-0.2, -0.15) is 0 Å². The molecule has 28 heavy (non-hydrogen) atoms. The largest absolute Gasteiger partial charge is 0.339 e. The predicted molar refractivity (Wildman–Crippen MR) is 105 cm³/mol. The first kappa shape index (κ1) is 20.1. The van der Waals surface area contributed by atoms with Crippen LogP contribution in [0.25, 0.3) is 0 Å². The van der Waals surface area contributed by atoms with E-state index >= 15 is 0 Å². The Morgan fingerprint density at radius 1 is 0.964 bits per heavy atom. The number of benzene rings is 1. The zero-order chi connectivity index (χ0) is 19.9. The minimum atomic E-state index is -0.353. The Bertz CT molecular complexity index is 688. The van der Waals surface area contributed by atoms with Gasteiger partial charge in [0, 0.05) is 44.3 Å². The fraction of sp³-hybridized carbons (Fsp3) is 0.550. The van der Waals surface area contributed by atoms with Crippen LogP contribution in [-0.4, -0.2) is 77.9 Å². The number of carbonyl (C=O) groups excluding carboxylic acids is 3. The van der Waals surface area contributed by atoms with Crippen molar-refractivity contribution >= 4 is 17.8 Å². The lowest BCUT2D eigenvalue weighted by Crippen LogP contribution is -2.56. The van der Waals surface area contributed by atoms with Crippen LogP contribution in [0.3, 0.4) is 0 Å². The summed E-state index contributed by atoms with van der Waals surface area (Å²) in [6, 6.07) is 8.71. The lowest BCUT2D eigenvalue weighted by atomic mass is 10.0. The summed E-state index contributed by atoms with van der Waals surface area (Å²) in [6.07, 6.45) is 3.35. The summed E-state index contributed by atoms with van der Waals surface area (Å²) < 4.78 is 0.